The van der Waals surface area contributed by atoms with E-state index in [1.165, 1.54) is 25.3 Å². The van der Waals surface area contributed by atoms with E-state index in [0.717, 1.165) is 25.0 Å². The molecule has 0 aromatic carbocycles. The zero-order valence-electron chi connectivity index (χ0n) is 9.62. The number of rotatable bonds is 6. The van der Waals surface area contributed by atoms with Gasteiger partial charge in [-0.2, -0.15) is 0 Å². The number of hydrogen-bond donors (Lipinski definition) is 0. The van der Waals surface area contributed by atoms with Gasteiger partial charge in [0.15, 0.2) is 0 Å². The van der Waals surface area contributed by atoms with Crippen LogP contribution in [-0.2, 0) is 14.3 Å². The molecule has 3 nitrogen and oxygen atoms in total. The summed E-state index contributed by atoms with van der Waals surface area (Å²) < 4.78 is 10.3. The third kappa shape index (κ3) is 4.36. The van der Waals surface area contributed by atoms with Crippen LogP contribution in [0.2, 0.25) is 0 Å². The van der Waals surface area contributed by atoms with E-state index in [9.17, 15) is 4.79 Å². The number of hydrogen-bond acceptors (Lipinski definition) is 3. The summed E-state index contributed by atoms with van der Waals surface area (Å²) >= 11 is 0. The van der Waals surface area contributed by atoms with E-state index in [0.29, 0.717) is 0 Å². The van der Waals surface area contributed by atoms with Gasteiger partial charge in [0.05, 0.1) is 13.2 Å². The molecule has 0 saturated carbocycles. The zero-order chi connectivity index (χ0) is 11.1. The van der Waals surface area contributed by atoms with Crippen LogP contribution in [-0.4, -0.2) is 19.2 Å². The van der Waals surface area contributed by atoms with Gasteiger partial charge >= 0.3 is 5.97 Å². The van der Waals surface area contributed by atoms with Gasteiger partial charge in [-0.3, -0.25) is 0 Å². The van der Waals surface area contributed by atoms with Crippen LogP contribution < -0.4 is 0 Å². The molecule has 0 fully saturated rings. The van der Waals surface area contributed by atoms with E-state index >= 15 is 0 Å². The fraction of sp³-hybridized carbons (Fsp3) is 0.750. The van der Waals surface area contributed by atoms with E-state index in [4.69, 9.17) is 9.47 Å². The Balaban J connectivity index is 2.26. The van der Waals surface area contributed by atoms with Crippen LogP contribution in [0.5, 0.6) is 0 Å². The van der Waals surface area contributed by atoms with Crippen molar-refractivity contribution < 1.29 is 14.3 Å². The molecule has 1 aliphatic rings. The van der Waals surface area contributed by atoms with Gasteiger partial charge in [-0.05, 0) is 12.8 Å². The molecule has 86 valence electrons. The Bertz CT molecular complexity index is 233. The number of cyclic esters (lactones) is 1. The summed E-state index contributed by atoms with van der Waals surface area (Å²) in [5.41, 5.74) is 0. The van der Waals surface area contributed by atoms with Crippen molar-refractivity contribution in [1.29, 1.82) is 0 Å². The summed E-state index contributed by atoms with van der Waals surface area (Å²) in [5.74, 6) is 0.477. The molecule has 1 heterocycles. The topological polar surface area (TPSA) is 35.5 Å². The normalized spacial score (nSPS) is 20.8. The smallest absolute Gasteiger partial charge is 0.334 e. The first-order chi connectivity index (χ1) is 7.26. The highest BCUT2D eigenvalue weighted by molar-refractivity contribution is 5.83. The minimum atomic E-state index is -0.265. The average Bonchev–Trinajstić information content (AvgIpc) is 2.23. The largest absolute Gasteiger partial charge is 0.501 e. The molecule has 0 aromatic rings. The van der Waals surface area contributed by atoms with Gasteiger partial charge in [-0.25, -0.2) is 4.79 Å². The molecule has 1 atom stereocenters. The third-order valence-corrected chi connectivity index (χ3v) is 2.63. The third-order valence-electron chi connectivity index (χ3n) is 2.63. The van der Waals surface area contributed by atoms with Crippen LogP contribution in [0.3, 0.4) is 0 Å². The summed E-state index contributed by atoms with van der Waals surface area (Å²) in [7, 11) is 1.60. The maximum absolute atomic E-state index is 11.2. The molecule has 0 unspecified atom stereocenters. The molecule has 0 amide bonds. The molecule has 0 aromatic heterocycles. The fourth-order valence-electron chi connectivity index (χ4n) is 1.76. The molecule has 1 aliphatic heterocycles. The van der Waals surface area contributed by atoms with Crippen LogP contribution in [0, 0.1) is 0 Å². The molecule has 0 radical (unpaired) electrons. The van der Waals surface area contributed by atoms with Crippen molar-refractivity contribution in [2.24, 2.45) is 0 Å². The first kappa shape index (κ1) is 12.1. The predicted molar refractivity (Wildman–Crippen MR) is 58.3 cm³/mol. The number of ether oxygens (including phenoxy) is 2. The Morgan fingerprint density at radius 1 is 1.47 bits per heavy atom. The summed E-state index contributed by atoms with van der Waals surface area (Å²) in [6.07, 6.45) is 7.97. The quantitative estimate of drug-likeness (QED) is 0.501. The Morgan fingerprint density at radius 3 is 2.93 bits per heavy atom. The standard InChI is InChI=1S/C12H20O3/c1-3-4-5-6-7-10-8-11(14-2)9-12(13)15-10/h9-10H,3-8H2,1-2H3/t10-/m1/s1. The second-order valence-electron chi connectivity index (χ2n) is 3.93. The maximum atomic E-state index is 11.2. The fourth-order valence-corrected chi connectivity index (χ4v) is 1.76. The monoisotopic (exact) mass is 212 g/mol. The summed E-state index contributed by atoms with van der Waals surface area (Å²) in [5, 5.41) is 0. The Kier molecular flexibility index (Phi) is 5.22. The van der Waals surface area contributed by atoms with Gasteiger partial charge in [-0.15, -0.1) is 0 Å². The molecule has 0 spiro atoms. The summed E-state index contributed by atoms with van der Waals surface area (Å²) in [6.45, 7) is 2.19. The lowest BCUT2D eigenvalue weighted by Crippen LogP contribution is -2.23. The molecule has 0 N–H and O–H groups in total. The van der Waals surface area contributed by atoms with E-state index < -0.39 is 0 Å². The molecular formula is C12H20O3. The predicted octanol–water partition coefficient (Wildman–Crippen LogP) is 2.80. The molecule has 1 rings (SSSR count). The van der Waals surface area contributed by atoms with Gasteiger partial charge in [0.2, 0.25) is 0 Å². The molecular weight excluding hydrogens is 192 g/mol. The first-order valence-electron chi connectivity index (χ1n) is 5.71. The first-order valence-corrected chi connectivity index (χ1v) is 5.71. The lowest BCUT2D eigenvalue weighted by Gasteiger charge is -2.22. The number of carbonyl (C=O) groups excluding carboxylic acids is 1. The van der Waals surface area contributed by atoms with Crippen molar-refractivity contribution in [1.82, 2.24) is 0 Å². The second kappa shape index (κ2) is 6.49. The number of carbonyl (C=O) groups is 1. The van der Waals surface area contributed by atoms with Crippen molar-refractivity contribution >= 4 is 5.97 Å². The van der Waals surface area contributed by atoms with E-state index in [-0.39, 0.29) is 12.1 Å². The molecule has 0 bridgehead atoms. The molecule has 3 heteroatoms. The zero-order valence-corrected chi connectivity index (χ0v) is 9.62. The van der Waals surface area contributed by atoms with Crippen LogP contribution in [0.15, 0.2) is 11.8 Å². The highest BCUT2D eigenvalue weighted by Crippen LogP contribution is 2.20. The van der Waals surface area contributed by atoms with Crippen LogP contribution in [0.4, 0.5) is 0 Å². The van der Waals surface area contributed by atoms with Crippen molar-refractivity contribution in [3.63, 3.8) is 0 Å². The second-order valence-corrected chi connectivity index (χ2v) is 3.93. The van der Waals surface area contributed by atoms with Gasteiger partial charge < -0.3 is 9.47 Å². The van der Waals surface area contributed by atoms with E-state index in [1.807, 2.05) is 0 Å². The molecule has 0 aliphatic carbocycles. The van der Waals surface area contributed by atoms with Crippen LogP contribution >= 0.6 is 0 Å². The maximum Gasteiger partial charge on any atom is 0.334 e. The van der Waals surface area contributed by atoms with Crippen molar-refractivity contribution in [2.75, 3.05) is 7.11 Å². The van der Waals surface area contributed by atoms with E-state index in [1.54, 1.807) is 7.11 Å². The lowest BCUT2D eigenvalue weighted by molar-refractivity contribution is -0.145. The molecule has 0 saturated heterocycles. The van der Waals surface area contributed by atoms with Crippen LogP contribution in [0.1, 0.15) is 45.4 Å². The minimum absolute atomic E-state index is 0.0225. The van der Waals surface area contributed by atoms with Gasteiger partial charge in [-0.1, -0.05) is 26.2 Å². The lowest BCUT2D eigenvalue weighted by atomic mass is 10.0. The van der Waals surface area contributed by atoms with Crippen LogP contribution in [0.25, 0.3) is 0 Å². The van der Waals surface area contributed by atoms with E-state index in [2.05, 4.69) is 6.92 Å². The van der Waals surface area contributed by atoms with Gasteiger partial charge in [0, 0.05) is 6.42 Å². The number of unbranched alkanes of at least 4 members (excludes halogenated alkanes) is 3. The van der Waals surface area contributed by atoms with Gasteiger partial charge in [0.25, 0.3) is 0 Å². The SMILES string of the molecule is CCCCCC[C@@H]1CC(OC)=CC(=O)O1. The number of methoxy groups -OCH3 is 1. The highest BCUT2D eigenvalue weighted by atomic mass is 16.5. The molecule has 15 heavy (non-hydrogen) atoms. The Morgan fingerprint density at radius 2 is 2.27 bits per heavy atom. The summed E-state index contributed by atoms with van der Waals surface area (Å²) in [4.78, 5) is 11.2. The highest BCUT2D eigenvalue weighted by Gasteiger charge is 2.21. The average molecular weight is 212 g/mol. The Hall–Kier alpha value is -0.990. The Labute approximate surface area is 91.4 Å². The summed E-state index contributed by atoms with van der Waals surface area (Å²) in [6, 6.07) is 0. The van der Waals surface area contributed by atoms with Crippen molar-refractivity contribution in [3.05, 3.63) is 11.8 Å². The minimum Gasteiger partial charge on any atom is -0.501 e. The van der Waals surface area contributed by atoms with Gasteiger partial charge in [0.1, 0.15) is 11.9 Å². The van der Waals surface area contributed by atoms with Crippen molar-refractivity contribution in [3.8, 4) is 0 Å². The number of esters is 1. The van der Waals surface area contributed by atoms with Crippen molar-refractivity contribution in [2.45, 2.75) is 51.6 Å².